The highest BCUT2D eigenvalue weighted by molar-refractivity contribution is 5.84. The van der Waals surface area contributed by atoms with E-state index in [0.29, 0.717) is 18.9 Å². The number of fused-ring (bicyclic) bond motifs is 1. The maximum Gasteiger partial charge on any atom is 0.248 e. The van der Waals surface area contributed by atoms with Gasteiger partial charge in [0, 0.05) is 25.4 Å². The van der Waals surface area contributed by atoms with Crippen molar-refractivity contribution >= 4 is 10.8 Å². The van der Waals surface area contributed by atoms with Crippen LogP contribution in [0.5, 0.6) is 5.75 Å². The van der Waals surface area contributed by atoms with E-state index in [4.69, 9.17) is 4.74 Å². The van der Waals surface area contributed by atoms with Crippen LogP contribution in [-0.2, 0) is 6.54 Å². The van der Waals surface area contributed by atoms with Crippen molar-refractivity contribution in [3.05, 3.63) is 42.0 Å². The van der Waals surface area contributed by atoms with Crippen molar-refractivity contribution in [2.24, 2.45) is 0 Å². The van der Waals surface area contributed by atoms with Gasteiger partial charge in [-0.25, -0.2) is 8.78 Å². The van der Waals surface area contributed by atoms with E-state index in [1.54, 1.807) is 0 Å². The zero-order valence-corrected chi connectivity index (χ0v) is 16.8. The quantitative estimate of drug-likeness (QED) is 0.576. The topological polar surface area (TPSA) is 12.5 Å². The van der Waals surface area contributed by atoms with Crippen LogP contribution in [0.4, 0.5) is 8.78 Å². The molecule has 0 radical (unpaired) electrons. The van der Waals surface area contributed by atoms with E-state index in [2.05, 4.69) is 36.1 Å². The van der Waals surface area contributed by atoms with Crippen LogP contribution in [0.2, 0.25) is 0 Å². The van der Waals surface area contributed by atoms with E-state index in [1.165, 1.54) is 43.2 Å². The molecule has 0 N–H and O–H groups in total. The Labute approximate surface area is 166 Å². The van der Waals surface area contributed by atoms with Crippen LogP contribution in [0.15, 0.2) is 36.4 Å². The first-order chi connectivity index (χ1) is 13.5. The van der Waals surface area contributed by atoms with Crippen molar-refractivity contribution in [1.29, 1.82) is 0 Å². The van der Waals surface area contributed by atoms with Gasteiger partial charge in [0.25, 0.3) is 0 Å². The molecule has 1 saturated carbocycles. The molecular formula is C24H31F2NO. The summed E-state index contributed by atoms with van der Waals surface area (Å²) in [6.45, 7) is 4.51. The summed E-state index contributed by atoms with van der Waals surface area (Å²) in [7, 11) is 0. The summed E-state index contributed by atoms with van der Waals surface area (Å²) in [5.74, 6) is -1.72. The fourth-order valence-corrected chi connectivity index (χ4v) is 4.73. The first-order valence-electron chi connectivity index (χ1n) is 10.8. The molecule has 4 heteroatoms. The summed E-state index contributed by atoms with van der Waals surface area (Å²) in [5.41, 5.74) is 1.36. The molecule has 0 amide bonds. The lowest BCUT2D eigenvalue weighted by Crippen LogP contribution is -2.38. The van der Waals surface area contributed by atoms with Crippen LogP contribution in [0.3, 0.4) is 0 Å². The minimum absolute atomic E-state index is 0.0656. The van der Waals surface area contributed by atoms with Crippen molar-refractivity contribution in [2.45, 2.75) is 82.9 Å². The minimum Gasteiger partial charge on any atom is -0.490 e. The first kappa shape index (κ1) is 19.6. The molecule has 1 saturated heterocycles. The molecule has 2 aromatic carbocycles. The van der Waals surface area contributed by atoms with Gasteiger partial charge in [-0.15, -0.1) is 0 Å². The van der Waals surface area contributed by atoms with E-state index in [-0.39, 0.29) is 18.9 Å². The zero-order chi connectivity index (χ0) is 19.6. The second-order valence-corrected chi connectivity index (χ2v) is 8.54. The smallest absolute Gasteiger partial charge is 0.248 e. The van der Waals surface area contributed by atoms with Gasteiger partial charge in [-0.3, -0.25) is 4.90 Å². The van der Waals surface area contributed by atoms with Gasteiger partial charge < -0.3 is 4.74 Å². The fraction of sp³-hybridized carbons (Fsp3) is 0.583. The molecule has 2 aliphatic rings. The summed E-state index contributed by atoms with van der Waals surface area (Å²) >= 11 is 0. The third kappa shape index (κ3) is 4.65. The third-order valence-corrected chi connectivity index (χ3v) is 6.45. The fourth-order valence-electron chi connectivity index (χ4n) is 4.73. The summed E-state index contributed by atoms with van der Waals surface area (Å²) in [6.07, 6.45) is 5.83. The molecule has 0 aromatic heterocycles. The van der Waals surface area contributed by atoms with Crippen LogP contribution in [0, 0.1) is 0 Å². The highest BCUT2D eigenvalue weighted by Crippen LogP contribution is 2.35. The standard InChI is InChI=1S/C24H31F2NO/c1-2-21-5-3-4-14-27(21)17-18-6-7-20-16-23(9-8-19(20)15-18)28-22-10-12-24(25,26)13-11-22/h6-9,15-16,21-22H,2-5,10-14,17H2,1H3. The molecule has 2 nitrogen and oxygen atoms in total. The van der Waals surface area contributed by atoms with Crippen molar-refractivity contribution in [1.82, 2.24) is 4.90 Å². The van der Waals surface area contributed by atoms with Crippen molar-refractivity contribution < 1.29 is 13.5 Å². The number of alkyl halides is 2. The number of rotatable bonds is 5. The molecular weight excluding hydrogens is 356 g/mol. The Balaban J connectivity index is 1.42. The molecule has 4 rings (SSSR count). The molecule has 1 atom stereocenters. The average Bonchev–Trinajstić information content (AvgIpc) is 2.70. The molecule has 0 bridgehead atoms. The van der Waals surface area contributed by atoms with Gasteiger partial charge in [0.1, 0.15) is 5.75 Å². The van der Waals surface area contributed by atoms with Gasteiger partial charge in [-0.1, -0.05) is 31.5 Å². The minimum atomic E-state index is -2.51. The van der Waals surface area contributed by atoms with E-state index in [1.807, 2.05) is 12.1 Å². The normalized spacial score (nSPS) is 23.8. The van der Waals surface area contributed by atoms with Gasteiger partial charge >= 0.3 is 0 Å². The van der Waals surface area contributed by atoms with Gasteiger partial charge in [0.2, 0.25) is 5.92 Å². The molecule has 2 fully saturated rings. The molecule has 152 valence electrons. The Bertz CT molecular complexity index is 796. The van der Waals surface area contributed by atoms with Crippen LogP contribution in [-0.4, -0.2) is 29.5 Å². The SMILES string of the molecule is CCC1CCCCN1Cc1ccc2cc(OC3CCC(F)(F)CC3)ccc2c1. The molecule has 1 aliphatic heterocycles. The number of hydrogen-bond acceptors (Lipinski definition) is 2. The number of piperidine rings is 1. The van der Waals surface area contributed by atoms with Gasteiger partial charge in [-0.2, -0.15) is 0 Å². The van der Waals surface area contributed by atoms with Crippen molar-refractivity contribution in [3.63, 3.8) is 0 Å². The van der Waals surface area contributed by atoms with Gasteiger partial charge in [0.05, 0.1) is 6.10 Å². The number of likely N-dealkylation sites (tertiary alicyclic amines) is 1. The summed E-state index contributed by atoms with van der Waals surface area (Å²) < 4.78 is 32.6. The van der Waals surface area contributed by atoms with Crippen molar-refractivity contribution in [2.75, 3.05) is 6.54 Å². The van der Waals surface area contributed by atoms with Crippen LogP contribution >= 0.6 is 0 Å². The van der Waals surface area contributed by atoms with E-state index >= 15 is 0 Å². The molecule has 0 spiro atoms. The monoisotopic (exact) mass is 387 g/mol. The molecule has 1 aliphatic carbocycles. The van der Waals surface area contributed by atoms with E-state index < -0.39 is 5.92 Å². The first-order valence-corrected chi connectivity index (χ1v) is 10.8. The van der Waals surface area contributed by atoms with Crippen molar-refractivity contribution in [3.8, 4) is 5.75 Å². The Hall–Kier alpha value is -1.68. The Morgan fingerprint density at radius 1 is 1.00 bits per heavy atom. The highest BCUT2D eigenvalue weighted by Gasteiger charge is 2.35. The van der Waals surface area contributed by atoms with Crippen LogP contribution < -0.4 is 4.74 Å². The lowest BCUT2D eigenvalue weighted by molar-refractivity contribution is -0.0582. The number of benzene rings is 2. The maximum absolute atomic E-state index is 13.3. The number of halogens is 2. The second-order valence-electron chi connectivity index (χ2n) is 8.54. The zero-order valence-electron chi connectivity index (χ0n) is 16.8. The number of ether oxygens (including phenoxy) is 1. The predicted molar refractivity (Wildman–Crippen MR) is 110 cm³/mol. The van der Waals surface area contributed by atoms with Crippen LogP contribution in [0.25, 0.3) is 10.8 Å². The third-order valence-electron chi connectivity index (χ3n) is 6.45. The Morgan fingerprint density at radius 2 is 1.75 bits per heavy atom. The van der Waals surface area contributed by atoms with Gasteiger partial charge in [-0.05, 0) is 73.2 Å². The Morgan fingerprint density at radius 3 is 2.54 bits per heavy atom. The van der Waals surface area contributed by atoms with Crippen LogP contribution in [0.1, 0.15) is 63.9 Å². The average molecular weight is 388 g/mol. The highest BCUT2D eigenvalue weighted by atomic mass is 19.3. The second kappa shape index (κ2) is 8.36. The molecule has 28 heavy (non-hydrogen) atoms. The Kier molecular flexibility index (Phi) is 5.86. The molecule has 1 unspecified atom stereocenters. The summed E-state index contributed by atoms with van der Waals surface area (Å²) in [5, 5.41) is 2.36. The maximum atomic E-state index is 13.3. The van der Waals surface area contributed by atoms with Gasteiger partial charge in [0.15, 0.2) is 0 Å². The largest absolute Gasteiger partial charge is 0.490 e. The lowest BCUT2D eigenvalue weighted by Gasteiger charge is -2.35. The summed E-state index contributed by atoms with van der Waals surface area (Å²) in [6, 6.07) is 13.5. The summed E-state index contributed by atoms with van der Waals surface area (Å²) in [4.78, 5) is 2.63. The van der Waals surface area contributed by atoms with E-state index in [9.17, 15) is 8.78 Å². The molecule has 1 heterocycles. The van der Waals surface area contributed by atoms with E-state index in [0.717, 1.165) is 17.7 Å². The predicted octanol–water partition coefficient (Wildman–Crippen LogP) is 6.56. The molecule has 2 aromatic rings. The number of nitrogens with zero attached hydrogens (tertiary/aromatic N) is 1. The lowest BCUT2D eigenvalue weighted by atomic mass is 9.94. The number of hydrogen-bond donors (Lipinski definition) is 0.